The minimum atomic E-state index is -0.407. The molecule has 0 spiro atoms. The summed E-state index contributed by atoms with van der Waals surface area (Å²) in [6, 6.07) is 7.45. The Morgan fingerprint density at radius 2 is 2.32 bits per heavy atom. The van der Waals surface area contributed by atoms with Gasteiger partial charge < -0.3 is 10.5 Å². The van der Waals surface area contributed by atoms with Crippen LogP contribution in [-0.4, -0.2) is 22.5 Å². The lowest BCUT2D eigenvalue weighted by Gasteiger charge is -2.01. The van der Waals surface area contributed by atoms with Gasteiger partial charge in [-0.25, -0.2) is 9.78 Å². The van der Waals surface area contributed by atoms with Crippen LogP contribution in [0.25, 0.3) is 10.6 Å². The molecule has 0 radical (unpaired) electrons. The smallest absolute Gasteiger partial charge is 0.357 e. The summed E-state index contributed by atoms with van der Waals surface area (Å²) < 4.78 is 4.90. The third kappa shape index (κ3) is 3.15. The molecule has 0 saturated heterocycles. The van der Waals surface area contributed by atoms with E-state index in [-0.39, 0.29) is 0 Å². The Balaban J connectivity index is 2.30. The van der Waals surface area contributed by atoms with Gasteiger partial charge in [0.15, 0.2) is 5.69 Å². The van der Waals surface area contributed by atoms with Gasteiger partial charge in [0.2, 0.25) is 0 Å². The molecule has 2 aromatic rings. The molecule has 4 nitrogen and oxygen atoms in total. The topological polar surface area (TPSA) is 65.2 Å². The highest BCUT2D eigenvalue weighted by Gasteiger charge is 2.12. The van der Waals surface area contributed by atoms with E-state index in [1.807, 2.05) is 24.3 Å². The van der Waals surface area contributed by atoms with Crippen LogP contribution in [0.2, 0.25) is 0 Å². The first-order valence-corrected chi connectivity index (χ1v) is 6.93. The summed E-state index contributed by atoms with van der Waals surface area (Å²) in [5.41, 5.74) is 7.57. The van der Waals surface area contributed by atoms with Crippen LogP contribution in [0.5, 0.6) is 0 Å². The summed E-state index contributed by atoms with van der Waals surface area (Å²) in [7, 11) is 0. The zero-order valence-electron chi connectivity index (χ0n) is 10.3. The largest absolute Gasteiger partial charge is 0.461 e. The second-order valence-corrected chi connectivity index (χ2v) is 5.00. The molecule has 1 aromatic heterocycles. The minimum absolute atomic E-state index is 0.322. The van der Waals surface area contributed by atoms with Crippen molar-refractivity contribution in [3.63, 3.8) is 0 Å². The van der Waals surface area contributed by atoms with Gasteiger partial charge in [0.25, 0.3) is 0 Å². The lowest BCUT2D eigenvalue weighted by Crippen LogP contribution is -2.09. The van der Waals surface area contributed by atoms with E-state index in [4.69, 9.17) is 22.7 Å². The zero-order chi connectivity index (χ0) is 13.8. The molecule has 0 aliphatic carbocycles. The van der Waals surface area contributed by atoms with Crippen LogP contribution in [0.4, 0.5) is 0 Å². The standard InChI is InChI=1S/C13H12N2O2S2/c1-2-17-13(16)10-7-19-12(15-10)9-5-3-4-8(6-9)11(14)18/h3-7H,2H2,1H3,(H2,14,18). The molecule has 0 saturated carbocycles. The van der Waals surface area contributed by atoms with E-state index in [0.29, 0.717) is 17.3 Å². The average Bonchev–Trinajstić information content (AvgIpc) is 2.89. The summed E-state index contributed by atoms with van der Waals surface area (Å²) in [5, 5.41) is 2.42. The number of aromatic nitrogens is 1. The molecule has 1 heterocycles. The predicted octanol–water partition coefficient (Wildman–Crippen LogP) is 2.62. The number of rotatable bonds is 4. The second-order valence-electron chi connectivity index (χ2n) is 3.70. The molecule has 6 heteroatoms. The normalized spacial score (nSPS) is 10.2. The number of hydrogen-bond donors (Lipinski definition) is 1. The van der Waals surface area contributed by atoms with Crippen LogP contribution in [-0.2, 0) is 4.74 Å². The van der Waals surface area contributed by atoms with Gasteiger partial charge in [-0.1, -0.05) is 30.4 Å². The summed E-state index contributed by atoms with van der Waals surface area (Å²) in [6.45, 7) is 2.10. The number of benzene rings is 1. The van der Waals surface area contributed by atoms with Gasteiger partial charge in [-0.15, -0.1) is 11.3 Å². The van der Waals surface area contributed by atoms with Gasteiger partial charge in [-0.05, 0) is 13.0 Å². The fraction of sp³-hybridized carbons (Fsp3) is 0.154. The summed E-state index contributed by atoms with van der Waals surface area (Å²) in [5.74, 6) is -0.407. The summed E-state index contributed by atoms with van der Waals surface area (Å²) >= 11 is 6.32. The van der Waals surface area contributed by atoms with Crippen LogP contribution >= 0.6 is 23.6 Å². The fourth-order valence-corrected chi connectivity index (χ4v) is 2.42. The maximum atomic E-state index is 11.5. The van der Waals surface area contributed by atoms with E-state index < -0.39 is 5.97 Å². The Hall–Kier alpha value is -1.79. The first kappa shape index (κ1) is 13.6. The van der Waals surface area contributed by atoms with E-state index in [0.717, 1.165) is 16.1 Å². The van der Waals surface area contributed by atoms with E-state index in [9.17, 15) is 4.79 Å². The summed E-state index contributed by atoms with van der Waals surface area (Å²) in [4.78, 5) is 16.1. The van der Waals surface area contributed by atoms with Crippen molar-refractivity contribution in [3.8, 4) is 10.6 Å². The Morgan fingerprint density at radius 1 is 1.53 bits per heavy atom. The number of carbonyl (C=O) groups excluding carboxylic acids is 1. The molecule has 0 unspecified atom stereocenters. The van der Waals surface area contributed by atoms with Crippen LogP contribution < -0.4 is 5.73 Å². The number of nitrogens with two attached hydrogens (primary N) is 1. The molecular weight excluding hydrogens is 280 g/mol. The van der Waals surface area contributed by atoms with Crippen LogP contribution in [0.3, 0.4) is 0 Å². The van der Waals surface area contributed by atoms with Gasteiger partial charge in [-0.2, -0.15) is 0 Å². The number of nitrogens with zero attached hydrogens (tertiary/aromatic N) is 1. The molecule has 0 aliphatic rings. The molecule has 2 N–H and O–H groups in total. The molecule has 0 amide bonds. The molecule has 1 aromatic carbocycles. The maximum Gasteiger partial charge on any atom is 0.357 e. The average molecular weight is 292 g/mol. The molecule has 0 aliphatic heterocycles. The number of ether oxygens (including phenoxy) is 1. The highest BCUT2D eigenvalue weighted by molar-refractivity contribution is 7.80. The lowest BCUT2D eigenvalue weighted by molar-refractivity contribution is 0.0520. The molecule has 0 fully saturated rings. The summed E-state index contributed by atoms with van der Waals surface area (Å²) in [6.07, 6.45) is 0. The molecule has 2 rings (SSSR count). The number of esters is 1. The van der Waals surface area contributed by atoms with Gasteiger partial charge >= 0.3 is 5.97 Å². The van der Waals surface area contributed by atoms with Crippen molar-refractivity contribution in [1.82, 2.24) is 4.98 Å². The zero-order valence-corrected chi connectivity index (χ0v) is 11.9. The molecular formula is C13H12N2O2S2. The van der Waals surface area contributed by atoms with Crippen molar-refractivity contribution < 1.29 is 9.53 Å². The van der Waals surface area contributed by atoms with Crippen molar-refractivity contribution in [2.24, 2.45) is 5.73 Å². The molecule has 19 heavy (non-hydrogen) atoms. The molecule has 0 bridgehead atoms. The third-order valence-electron chi connectivity index (χ3n) is 2.38. The lowest BCUT2D eigenvalue weighted by atomic mass is 10.1. The fourth-order valence-electron chi connectivity index (χ4n) is 1.51. The Labute approximate surface area is 120 Å². The quantitative estimate of drug-likeness (QED) is 0.693. The van der Waals surface area contributed by atoms with Gasteiger partial charge in [0, 0.05) is 16.5 Å². The van der Waals surface area contributed by atoms with E-state index in [1.54, 1.807) is 12.3 Å². The van der Waals surface area contributed by atoms with E-state index in [1.165, 1.54) is 11.3 Å². The van der Waals surface area contributed by atoms with Crippen molar-refractivity contribution in [1.29, 1.82) is 0 Å². The van der Waals surface area contributed by atoms with Gasteiger partial charge in [0.05, 0.1) is 6.61 Å². The second kappa shape index (κ2) is 5.90. The SMILES string of the molecule is CCOC(=O)c1csc(-c2cccc(C(N)=S)c2)n1. The van der Waals surface area contributed by atoms with E-state index in [2.05, 4.69) is 4.98 Å². The monoisotopic (exact) mass is 292 g/mol. The Kier molecular flexibility index (Phi) is 4.24. The number of thiazole rings is 1. The number of carbonyl (C=O) groups is 1. The Morgan fingerprint density at radius 3 is 3.00 bits per heavy atom. The van der Waals surface area contributed by atoms with Gasteiger partial charge in [0.1, 0.15) is 10.00 Å². The third-order valence-corrected chi connectivity index (χ3v) is 3.51. The highest BCUT2D eigenvalue weighted by atomic mass is 32.1. The maximum absolute atomic E-state index is 11.5. The van der Waals surface area contributed by atoms with Crippen LogP contribution in [0.1, 0.15) is 23.0 Å². The highest BCUT2D eigenvalue weighted by Crippen LogP contribution is 2.24. The molecule has 0 atom stereocenters. The van der Waals surface area contributed by atoms with Crippen molar-refractivity contribution in [3.05, 3.63) is 40.9 Å². The van der Waals surface area contributed by atoms with Gasteiger partial charge in [-0.3, -0.25) is 0 Å². The number of hydrogen-bond acceptors (Lipinski definition) is 5. The van der Waals surface area contributed by atoms with Crippen molar-refractivity contribution in [2.75, 3.05) is 6.61 Å². The van der Waals surface area contributed by atoms with Crippen molar-refractivity contribution in [2.45, 2.75) is 6.92 Å². The molecule has 98 valence electrons. The first-order chi connectivity index (χ1) is 9.11. The first-order valence-electron chi connectivity index (χ1n) is 5.64. The predicted molar refractivity (Wildman–Crippen MR) is 79.4 cm³/mol. The van der Waals surface area contributed by atoms with E-state index >= 15 is 0 Å². The van der Waals surface area contributed by atoms with Crippen LogP contribution in [0.15, 0.2) is 29.6 Å². The van der Waals surface area contributed by atoms with Crippen molar-refractivity contribution >= 4 is 34.5 Å². The minimum Gasteiger partial charge on any atom is -0.461 e. The van der Waals surface area contributed by atoms with Crippen LogP contribution in [0, 0.1) is 0 Å². The Bertz CT molecular complexity index is 623. The number of thiocarbonyl (C=S) groups is 1.